The molecule has 8 heteroatoms. The van der Waals surface area contributed by atoms with Crippen molar-refractivity contribution in [1.82, 2.24) is 15.1 Å². The lowest BCUT2D eigenvalue weighted by atomic mass is 10.1. The monoisotopic (exact) mass is 285 g/mol. The summed E-state index contributed by atoms with van der Waals surface area (Å²) in [4.78, 5) is 14.2. The van der Waals surface area contributed by atoms with Crippen molar-refractivity contribution in [2.45, 2.75) is 6.04 Å². The molecule has 0 spiro atoms. The third-order valence-corrected chi connectivity index (χ3v) is 2.86. The number of carbonyl (C=O) groups is 1. The molecule has 21 heavy (non-hydrogen) atoms. The quantitative estimate of drug-likeness (QED) is 0.345. The molecule has 0 aliphatic carbocycles. The first-order valence-electron chi connectivity index (χ1n) is 6.36. The summed E-state index contributed by atoms with van der Waals surface area (Å²) < 4.78 is 1.67. The number of nitrogens with two attached hydrogens (primary N) is 1. The molecule has 8 nitrogen and oxygen atoms in total. The molecular weight excluding hydrogens is 270 g/mol. The Bertz CT molecular complexity index is 646. The van der Waals surface area contributed by atoms with Crippen LogP contribution in [0, 0.1) is 0 Å². The lowest BCUT2D eigenvalue weighted by Crippen LogP contribution is -2.34. The summed E-state index contributed by atoms with van der Waals surface area (Å²) >= 11 is 0. The number of para-hydroxylation sites is 1. The largest absolute Gasteiger partial charge is 0.368 e. The minimum Gasteiger partial charge on any atom is -0.368 e. The molecule has 2 rings (SSSR count). The van der Waals surface area contributed by atoms with E-state index in [-0.39, 0.29) is 6.54 Å². The van der Waals surface area contributed by atoms with E-state index in [2.05, 4.69) is 20.4 Å². The molecule has 2 aromatic rings. The summed E-state index contributed by atoms with van der Waals surface area (Å²) in [5.41, 5.74) is 15.2. The van der Waals surface area contributed by atoms with Crippen LogP contribution in [0.5, 0.6) is 0 Å². The van der Waals surface area contributed by atoms with Crippen LogP contribution in [0.25, 0.3) is 16.1 Å². The molecule has 0 saturated heterocycles. The molecule has 0 saturated carbocycles. The number of primary amides is 1. The van der Waals surface area contributed by atoms with Gasteiger partial charge in [-0.2, -0.15) is 5.10 Å². The van der Waals surface area contributed by atoms with E-state index in [0.717, 1.165) is 5.69 Å². The van der Waals surface area contributed by atoms with Crippen LogP contribution >= 0.6 is 0 Å². The van der Waals surface area contributed by atoms with Crippen LogP contribution < -0.4 is 11.1 Å². The Labute approximate surface area is 121 Å². The summed E-state index contributed by atoms with van der Waals surface area (Å²) in [6, 6.07) is 8.87. The van der Waals surface area contributed by atoms with E-state index in [1.165, 1.54) is 0 Å². The van der Waals surface area contributed by atoms with Crippen molar-refractivity contribution in [3.05, 3.63) is 58.7 Å². The highest BCUT2D eigenvalue weighted by Gasteiger charge is 2.18. The van der Waals surface area contributed by atoms with Gasteiger partial charge in [-0.3, -0.25) is 4.79 Å². The summed E-state index contributed by atoms with van der Waals surface area (Å²) in [5.74, 6) is -0.511. The van der Waals surface area contributed by atoms with Crippen molar-refractivity contribution >= 4 is 5.91 Å². The number of hydrogen-bond acceptors (Lipinski definition) is 4. The van der Waals surface area contributed by atoms with E-state index in [1.54, 1.807) is 17.1 Å². The van der Waals surface area contributed by atoms with E-state index in [1.807, 2.05) is 30.3 Å². The topological polar surface area (TPSA) is 122 Å². The lowest BCUT2D eigenvalue weighted by molar-refractivity contribution is -0.120. The van der Waals surface area contributed by atoms with E-state index in [9.17, 15) is 4.79 Å². The fraction of sp³-hybridized carbons (Fsp3) is 0.231. The third kappa shape index (κ3) is 3.82. The molecule has 0 radical (unpaired) electrons. The van der Waals surface area contributed by atoms with Crippen molar-refractivity contribution in [1.29, 1.82) is 0 Å². The number of nitrogens with one attached hydrogen (secondary N) is 1. The Balaban J connectivity index is 2.12. The Morgan fingerprint density at radius 2 is 2.24 bits per heavy atom. The molecule has 1 aromatic carbocycles. The summed E-state index contributed by atoms with van der Waals surface area (Å²) in [6.07, 6.45) is 3.33. The smallest absolute Gasteiger partial charge is 0.239 e. The zero-order chi connectivity index (χ0) is 15.1. The highest BCUT2D eigenvalue weighted by Crippen LogP contribution is 2.14. The van der Waals surface area contributed by atoms with Gasteiger partial charge in [-0.1, -0.05) is 23.3 Å². The second kappa shape index (κ2) is 7.09. The zero-order valence-electron chi connectivity index (χ0n) is 11.3. The number of rotatable bonds is 7. The molecule has 0 fully saturated rings. The van der Waals surface area contributed by atoms with Crippen molar-refractivity contribution in [2.24, 2.45) is 10.8 Å². The van der Waals surface area contributed by atoms with Crippen LogP contribution in [0.1, 0.15) is 11.6 Å². The number of hydrogen-bond donors (Lipinski definition) is 2. The lowest BCUT2D eigenvalue weighted by Gasteiger charge is -2.12. The standard InChI is InChI=1S/C13H15N7O/c14-13(21)12(16-6-7-17-19-15)10-8-18-20(9-10)11-4-2-1-3-5-11/h1-5,8-9,12,16H,6-7H2,(H2,14,21). The van der Waals surface area contributed by atoms with Gasteiger partial charge in [0.25, 0.3) is 0 Å². The highest BCUT2D eigenvalue weighted by molar-refractivity contribution is 5.81. The summed E-state index contributed by atoms with van der Waals surface area (Å²) in [7, 11) is 0. The molecule has 1 atom stereocenters. The molecule has 1 heterocycles. The number of azide groups is 1. The van der Waals surface area contributed by atoms with Crippen LogP contribution in [-0.2, 0) is 4.79 Å². The zero-order valence-corrected chi connectivity index (χ0v) is 11.3. The first-order chi connectivity index (χ1) is 10.2. The van der Waals surface area contributed by atoms with Gasteiger partial charge in [0.2, 0.25) is 5.91 Å². The maximum atomic E-state index is 11.5. The molecule has 0 aliphatic heterocycles. The van der Waals surface area contributed by atoms with Gasteiger partial charge in [-0.25, -0.2) is 4.68 Å². The van der Waals surface area contributed by atoms with E-state index < -0.39 is 11.9 Å². The molecule has 1 unspecified atom stereocenters. The van der Waals surface area contributed by atoms with Crippen LogP contribution in [0.2, 0.25) is 0 Å². The van der Waals surface area contributed by atoms with Crippen molar-refractivity contribution < 1.29 is 4.79 Å². The van der Waals surface area contributed by atoms with E-state index >= 15 is 0 Å². The summed E-state index contributed by atoms with van der Waals surface area (Å²) in [6.45, 7) is 0.598. The number of nitrogens with zero attached hydrogens (tertiary/aromatic N) is 5. The Hall–Kier alpha value is -2.83. The Morgan fingerprint density at radius 3 is 2.90 bits per heavy atom. The van der Waals surface area contributed by atoms with Gasteiger partial charge >= 0.3 is 0 Å². The molecule has 3 N–H and O–H groups in total. The molecular formula is C13H15N7O. The minimum atomic E-state index is -0.670. The molecule has 1 aromatic heterocycles. The minimum absolute atomic E-state index is 0.243. The summed E-state index contributed by atoms with van der Waals surface area (Å²) in [5, 5.41) is 10.6. The van der Waals surface area contributed by atoms with Gasteiger partial charge in [0.1, 0.15) is 6.04 Å². The van der Waals surface area contributed by atoms with Crippen molar-refractivity contribution in [3.63, 3.8) is 0 Å². The highest BCUT2D eigenvalue weighted by atomic mass is 16.1. The third-order valence-electron chi connectivity index (χ3n) is 2.86. The van der Waals surface area contributed by atoms with Gasteiger partial charge in [-0.05, 0) is 17.7 Å². The normalized spacial score (nSPS) is 11.6. The molecule has 0 aliphatic rings. The van der Waals surface area contributed by atoms with Crippen LogP contribution in [0.4, 0.5) is 0 Å². The average Bonchev–Trinajstić information content (AvgIpc) is 2.97. The molecule has 0 bridgehead atoms. The van der Waals surface area contributed by atoms with Gasteiger partial charge in [0.05, 0.1) is 11.9 Å². The fourth-order valence-corrected chi connectivity index (χ4v) is 1.89. The maximum Gasteiger partial charge on any atom is 0.239 e. The number of amides is 1. The first-order valence-corrected chi connectivity index (χ1v) is 6.36. The predicted molar refractivity (Wildman–Crippen MR) is 77.5 cm³/mol. The second-order valence-corrected chi connectivity index (χ2v) is 4.30. The van der Waals surface area contributed by atoms with Crippen LogP contribution in [0.3, 0.4) is 0 Å². The van der Waals surface area contributed by atoms with Gasteiger partial charge in [-0.15, -0.1) is 0 Å². The predicted octanol–water partition coefficient (Wildman–Crippen LogP) is 1.30. The number of aromatic nitrogens is 2. The first kappa shape index (κ1) is 14.6. The fourth-order valence-electron chi connectivity index (χ4n) is 1.89. The second-order valence-electron chi connectivity index (χ2n) is 4.30. The van der Waals surface area contributed by atoms with Gasteiger partial charge in [0.15, 0.2) is 0 Å². The number of carbonyl (C=O) groups excluding carboxylic acids is 1. The van der Waals surface area contributed by atoms with Gasteiger partial charge < -0.3 is 11.1 Å². The Morgan fingerprint density at radius 1 is 1.48 bits per heavy atom. The molecule has 1 amide bonds. The van der Waals surface area contributed by atoms with Crippen LogP contribution in [-0.4, -0.2) is 28.8 Å². The van der Waals surface area contributed by atoms with Crippen molar-refractivity contribution in [3.8, 4) is 5.69 Å². The van der Waals surface area contributed by atoms with Crippen LogP contribution in [0.15, 0.2) is 47.8 Å². The average molecular weight is 285 g/mol. The molecule has 108 valence electrons. The van der Waals surface area contributed by atoms with Gasteiger partial charge in [0, 0.05) is 29.8 Å². The SMILES string of the molecule is [N-]=[N+]=NCCNC(C(N)=O)c1cnn(-c2ccccc2)c1. The Kier molecular flexibility index (Phi) is 4.92. The maximum absolute atomic E-state index is 11.5. The number of benzene rings is 1. The van der Waals surface area contributed by atoms with E-state index in [0.29, 0.717) is 12.1 Å². The van der Waals surface area contributed by atoms with E-state index in [4.69, 9.17) is 11.3 Å². The van der Waals surface area contributed by atoms with Crippen molar-refractivity contribution in [2.75, 3.05) is 13.1 Å².